The topological polar surface area (TPSA) is 86.7 Å². The van der Waals surface area contributed by atoms with Crippen LogP contribution in [0.2, 0.25) is 0 Å². The molecule has 7 heteroatoms. The van der Waals surface area contributed by atoms with Crippen LogP contribution in [0.15, 0.2) is 47.1 Å². The third kappa shape index (κ3) is 2.71. The largest absolute Gasteiger partial charge is 0.463 e. The molecule has 0 bridgehead atoms. The molecule has 0 saturated carbocycles. The number of aromatic amines is 2. The molecule has 6 nitrogen and oxygen atoms in total. The molecule has 0 radical (unpaired) electrons. The van der Waals surface area contributed by atoms with Crippen molar-refractivity contribution in [3.8, 4) is 11.5 Å². The number of aryl methyl sites for hydroxylation is 1. The summed E-state index contributed by atoms with van der Waals surface area (Å²) in [5.41, 5.74) is 3.88. The molecule has 4 aromatic rings. The smallest absolute Gasteiger partial charge is 0.272 e. The van der Waals surface area contributed by atoms with Gasteiger partial charge in [0.25, 0.3) is 5.91 Å². The third-order valence-electron chi connectivity index (χ3n) is 5.07. The summed E-state index contributed by atoms with van der Waals surface area (Å²) in [7, 11) is 0. The summed E-state index contributed by atoms with van der Waals surface area (Å²) >= 11 is 0. The Kier molecular flexibility index (Phi) is 3.60. The van der Waals surface area contributed by atoms with E-state index in [4.69, 9.17) is 4.42 Å². The Morgan fingerprint density at radius 3 is 3.07 bits per heavy atom. The van der Waals surface area contributed by atoms with E-state index in [9.17, 15) is 9.18 Å². The van der Waals surface area contributed by atoms with Crippen molar-refractivity contribution >= 4 is 16.8 Å². The number of fused-ring (bicyclic) bond motifs is 3. The first kappa shape index (κ1) is 15.9. The van der Waals surface area contributed by atoms with E-state index >= 15 is 0 Å². The first-order valence-corrected chi connectivity index (χ1v) is 8.89. The number of H-pyrrole nitrogens is 2. The average molecular weight is 364 g/mol. The van der Waals surface area contributed by atoms with Crippen LogP contribution in [0.5, 0.6) is 0 Å². The fourth-order valence-corrected chi connectivity index (χ4v) is 3.81. The van der Waals surface area contributed by atoms with Gasteiger partial charge in [-0.1, -0.05) is 0 Å². The second-order valence-corrected chi connectivity index (χ2v) is 6.77. The van der Waals surface area contributed by atoms with Crippen LogP contribution in [0.4, 0.5) is 4.39 Å². The average Bonchev–Trinajstić information content (AvgIpc) is 3.41. The zero-order valence-electron chi connectivity index (χ0n) is 14.4. The minimum absolute atomic E-state index is 0.152. The third-order valence-corrected chi connectivity index (χ3v) is 5.07. The minimum Gasteiger partial charge on any atom is -0.463 e. The molecule has 0 spiro atoms. The highest BCUT2D eigenvalue weighted by Crippen LogP contribution is 2.35. The Balaban J connectivity index is 1.42. The Morgan fingerprint density at radius 2 is 2.22 bits per heavy atom. The van der Waals surface area contributed by atoms with E-state index in [1.54, 1.807) is 36.6 Å². The molecule has 1 aliphatic carbocycles. The molecule has 1 aromatic carbocycles. The number of carbonyl (C=O) groups excluding carboxylic acids is 1. The lowest BCUT2D eigenvalue weighted by molar-refractivity contribution is 0.0927. The van der Waals surface area contributed by atoms with Gasteiger partial charge in [0, 0.05) is 22.7 Å². The van der Waals surface area contributed by atoms with Crippen LogP contribution in [-0.2, 0) is 6.42 Å². The van der Waals surface area contributed by atoms with E-state index < -0.39 is 0 Å². The fourth-order valence-electron chi connectivity index (χ4n) is 3.81. The number of furan rings is 1. The van der Waals surface area contributed by atoms with Crippen LogP contribution in [-0.4, -0.2) is 21.1 Å². The number of rotatable bonds is 3. The fraction of sp³-hybridized carbons (Fsp3) is 0.200. The van der Waals surface area contributed by atoms with Crippen LogP contribution >= 0.6 is 0 Å². The maximum atomic E-state index is 13.6. The van der Waals surface area contributed by atoms with Crippen molar-refractivity contribution in [3.05, 3.63) is 65.4 Å². The van der Waals surface area contributed by atoms with Gasteiger partial charge in [-0.3, -0.25) is 9.89 Å². The molecule has 1 atom stereocenters. The molecular formula is C20H17FN4O2. The quantitative estimate of drug-likeness (QED) is 0.511. The lowest BCUT2D eigenvalue weighted by atomic mass is 9.91. The van der Waals surface area contributed by atoms with Gasteiger partial charge in [-0.2, -0.15) is 5.10 Å². The number of aromatic nitrogens is 3. The van der Waals surface area contributed by atoms with Gasteiger partial charge in [-0.15, -0.1) is 0 Å². The molecular weight excluding hydrogens is 347 g/mol. The monoisotopic (exact) mass is 364 g/mol. The zero-order valence-corrected chi connectivity index (χ0v) is 14.4. The van der Waals surface area contributed by atoms with Gasteiger partial charge in [0.15, 0.2) is 11.5 Å². The van der Waals surface area contributed by atoms with Crippen molar-refractivity contribution in [2.24, 2.45) is 0 Å². The Morgan fingerprint density at radius 1 is 1.30 bits per heavy atom. The summed E-state index contributed by atoms with van der Waals surface area (Å²) in [6, 6.07) is 9.82. The van der Waals surface area contributed by atoms with Crippen molar-refractivity contribution < 1.29 is 13.6 Å². The summed E-state index contributed by atoms with van der Waals surface area (Å²) in [5, 5.41) is 10.9. The van der Waals surface area contributed by atoms with E-state index in [1.807, 2.05) is 0 Å². The second-order valence-electron chi connectivity index (χ2n) is 6.77. The number of nitrogens with zero attached hydrogens (tertiary/aromatic N) is 1. The second kappa shape index (κ2) is 6.12. The molecule has 0 fully saturated rings. The first-order chi connectivity index (χ1) is 13.2. The highest BCUT2D eigenvalue weighted by Gasteiger charge is 2.26. The van der Waals surface area contributed by atoms with Gasteiger partial charge in [-0.05, 0) is 55.2 Å². The molecule has 0 aliphatic heterocycles. The van der Waals surface area contributed by atoms with Gasteiger partial charge in [-0.25, -0.2) is 4.39 Å². The summed E-state index contributed by atoms with van der Waals surface area (Å²) in [6.45, 7) is 0. The maximum Gasteiger partial charge on any atom is 0.272 e. The van der Waals surface area contributed by atoms with E-state index in [0.717, 1.165) is 41.4 Å². The molecule has 3 heterocycles. The number of hydrogen-bond acceptors (Lipinski definition) is 3. The molecule has 5 rings (SSSR count). The van der Waals surface area contributed by atoms with Crippen molar-refractivity contribution in [1.29, 1.82) is 0 Å². The molecule has 27 heavy (non-hydrogen) atoms. The predicted octanol–water partition coefficient (Wildman–Crippen LogP) is 4.10. The van der Waals surface area contributed by atoms with Crippen LogP contribution < -0.4 is 5.32 Å². The Hall–Kier alpha value is -3.35. The van der Waals surface area contributed by atoms with E-state index in [2.05, 4.69) is 20.5 Å². The number of hydrogen-bond donors (Lipinski definition) is 3. The highest BCUT2D eigenvalue weighted by molar-refractivity contribution is 5.94. The molecule has 3 N–H and O–H groups in total. The zero-order chi connectivity index (χ0) is 18.4. The van der Waals surface area contributed by atoms with Crippen molar-refractivity contribution in [1.82, 2.24) is 20.5 Å². The van der Waals surface area contributed by atoms with Crippen LogP contribution in [0, 0.1) is 5.82 Å². The molecule has 1 amide bonds. The van der Waals surface area contributed by atoms with E-state index in [-0.39, 0.29) is 17.8 Å². The molecule has 0 saturated heterocycles. The summed E-state index contributed by atoms with van der Waals surface area (Å²) < 4.78 is 18.9. The SMILES string of the molecule is O=C(NC1CCCc2c1[nH]c1ccc(F)cc21)c1cc(-c2ccco2)[nH]n1. The van der Waals surface area contributed by atoms with Crippen LogP contribution in [0.25, 0.3) is 22.4 Å². The van der Waals surface area contributed by atoms with Crippen LogP contribution in [0.3, 0.4) is 0 Å². The lowest BCUT2D eigenvalue weighted by Gasteiger charge is -2.23. The predicted molar refractivity (Wildman–Crippen MR) is 97.7 cm³/mol. The van der Waals surface area contributed by atoms with Crippen LogP contribution in [0.1, 0.15) is 40.6 Å². The van der Waals surface area contributed by atoms with Crippen molar-refractivity contribution in [2.75, 3.05) is 0 Å². The van der Waals surface area contributed by atoms with Gasteiger partial charge in [0.2, 0.25) is 0 Å². The number of halogens is 1. The molecule has 1 aliphatic rings. The number of nitrogens with one attached hydrogen (secondary N) is 3. The van der Waals surface area contributed by atoms with E-state index in [1.165, 1.54) is 6.07 Å². The summed E-state index contributed by atoms with van der Waals surface area (Å²) in [6.07, 6.45) is 4.19. The first-order valence-electron chi connectivity index (χ1n) is 8.89. The summed E-state index contributed by atoms with van der Waals surface area (Å²) in [5.74, 6) is 0.114. The Bertz CT molecular complexity index is 1130. The van der Waals surface area contributed by atoms with Gasteiger partial charge >= 0.3 is 0 Å². The highest BCUT2D eigenvalue weighted by atomic mass is 19.1. The normalized spacial score (nSPS) is 16.4. The molecule has 3 aromatic heterocycles. The molecule has 1 unspecified atom stereocenters. The van der Waals surface area contributed by atoms with Gasteiger partial charge < -0.3 is 14.7 Å². The van der Waals surface area contributed by atoms with Crippen molar-refractivity contribution in [3.63, 3.8) is 0 Å². The number of carbonyl (C=O) groups is 1. The van der Waals surface area contributed by atoms with Gasteiger partial charge in [0.05, 0.1) is 12.3 Å². The Labute approximate surface area is 153 Å². The lowest BCUT2D eigenvalue weighted by Crippen LogP contribution is -2.31. The van der Waals surface area contributed by atoms with E-state index in [0.29, 0.717) is 17.1 Å². The van der Waals surface area contributed by atoms with Crippen molar-refractivity contribution in [2.45, 2.75) is 25.3 Å². The number of amides is 1. The minimum atomic E-state index is -0.258. The number of benzene rings is 1. The maximum absolute atomic E-state index is 13.6. The summed E-state index contributed by atoms with van der Waals surface area (Å²) in [4.78, 5) is 16.0. The van der Waals surface area contributed by atoms with Gasteiger partial charge in [0.1, 0.15) is 11.5 Å². The molecule has 136 valence electrons. The standard InChI is InChI=1S/C20H17FN4O2/c21-11-6-7-14-13(9-11)12-3-1-4-15(19(12)22-14)23-20(26)17-10-16(24-25-17)18-5-2-8-27-18/h2,5-10,15,22H,1,3-4H2,(H,23,26)(H,24,25).